The van der Waals surface area contributed by atoms with Crippen LogP contribution < -0.4 is 5.32 Å². The summed E-state index contributed by atoms with van der Waals surface area (Å²) in [5, 5.41) is 11.7. The molecule has 0 aliphatic heterocycles. The van der Waals surface area contributed by atoms with Crippen LogP contribution in [0.1, 0.15) is 24.0 Å². The van der Waals surface area contributed by atoms with Crippen molar-refractivity contribution in [3.63, 3.8) is 0 Å². The third-order valence-corrected chi connectivity index (χ3v) is 3.10. The van der Waals surface area contributed by atoms with Crippen molar-refractivity contribution < 1.29 is 9.90 Å². The number of hydrogen-bond acceptors (Lipinski definition) is 2. The molecule has 3 heteroatoms. The third-order valence-electron chi connectivity index (χ3n) is 3.10. The Morgan fingerprint density at radius 3 is 2.93 bits per heavy atom. The van der Waals surface area contributed by atoms with Crippen molar-refractivity contribution >= 4 is 5.97 Å². The van der Waals surface area contributed by atoms with Crippen molar-refractivity contribution in [2.75, 3.05) is 6.54 Å². The molecule has 0 heterocycles. The van der Waals surface area contributed by atoms with Crippen molar-refractivity contribution in [2.24, 2.45) is 0 Å². The van der Waals surface area contributed by atoms with Gasteiger partial charge in [0.1, 0.15) is 0 Å². The van der Waals surface area contributed by atoms with Crippen LogP contribution in [-0.2, 0) is 11.2 Å². The van der Waals surface area contributed by atoms with Crippen molar-refractivity contribution in [3.8, 4) is 0 Å². The zero-order valence-electron chi connectivity index (χ0n) is 8.73. The molecule has 0 bridgehead atoms. The largest absolute Gasteiger partial charge is 0.480 e. The summed E-state index contributed by atoms with van der Waals surface area (Å²) < 4.78 is 0. The molecule has 0 saturated carbocycles. The van der Waals surface area contributed by atoms with Gasteiger partial charge in [0, 0.05) is 6.04 Å². The third kappa shape index (κ3) is 2.02. The van der Waals surface area contributed by atoms with E-state index in [0.717, 1.165) is 6.42 Å². The van der Waals surface area contributed by atoms with Gasteiger partial charge < -0.3 is 10.4 Å². The van der Waals surface area contributed by atoms with E-state index in [2.05, 4.69) is 24.4 Å². The number of carbonyl (C=O) groups is 1. The predicted octanol–water partition coefficient (Wildman–Crippen LogP) is 1.39. The minimum atomic E-state index is -0.793. The molecule has 0 spiro atoms. The Hall–Kier alpha value is -1.35. The maximum atomic E-state index is 10.5. The van der Waals surface area contributed by atoms with Gasteiger partial charge in [-0.2, -0.15) is 0 Å². The quantitative estimate of drug-likeness (QED) is 0.784. The lowest BCUT2D eigenvalue weighted by atomic mass is 10.0. The maximum Gasteiger partial charge on any atom is 0.317 e. The van der Waals surface area contributed by atoms with E-state index in [9.17, 15) is 4.79 Å². The first kappa shape index (κ1) is 10.2. The van der Waals surface area contributed by atoms with Gasteiger partial charge in [0.05, 0.1) is 6.54 Å². The summed E-state index contributed by atoms with van der Waals surface area (Å²) in [6.45, 7) is 2.19. The van der Waals surface area contributed by atoms with Gasteiger partial charge in [-0.15, -0.1) is 0 Å². The fraction of sp³-hybridized carbons (Fsp3) is 0.417. The lowest BCUT2D eigenvalue weighted by molar-refractivity contribution is -0.136. The SMILES string of the molecule is CC1c2ccccc2CC1NCC(=O)O. The first-order valence-electron chi connectivity index (χ1n) is 5.21. The highest BCUT2D eigenvalue weighted by Gasteiger charge is 2.28. The molecule has 2 unspecified atom stereocenters. The Morgan fingerprint density at radius 1 is 1.53 bits per heavy atom. The number of aliphatic carboxylic acids is 1. The first-order valence-corrected chi connectivity index (χ1v) is 5.21. The summed E-state index contributed by atoms with van der Waals surface area (Å²) in [5.41, 5.74) is 2.69. The summed E-state index contributed by atoms with van der Waals surface area (Å²) in [7, 11) is 0. The number of hydrogen-bond donors (Lipinski definition) is 2. The van der Waals surface area contributed by atoms with Crippen LogP contribution in [0.25, 0.3) is 0 Å². The highest BCUT2D eigenvalue weighted by atomic mass is 16.4. The highest BCUT2D eigenvalue weighted by molar-refractivity contribution is 5.69. The molecule has 1 aromatic carbocycles. The average molecular weight is 205 g/mol. The van der Waals surface area contributed by atoms with Gasteiger partial charge >= 0.3 is 5.97 Å². The fourth-order valence-corrected chi connectivity index (χ4v) is 2.26. The second-order valence-corrected chi connectivity index (χ2v) is 4.07. The van der Waals surface area contributed by atoms with Gasteiger partial charge in [-0.05, 0) is 23.5 Å². The second-order valence-electron chi connectivity index (χ2n) is 4.07. The van der Waals surface area contributed by atoms with Gasteiger partial charge in [0.15, 0.2) is 0 Å². The smallest absolute Gasteiger partial charge is 0.317 e. The van der Waals surface area contributed by atoms with Crippen LogP contribution in [0.15, 0.2) is 24.3 Å². The fourth-order valence-electron chi connectivity index (χ4n) is 2.26. The predicted molar refractivity (Wildman–Crippen MR) is 58.0 cm³/mol. The van der Waals surface area contributed by atoms with Crippen LogP contribution in [0, 0.1) is 0 Å². The van der Waals surface area contributed by atoms with Crippen LogP contribution >= 0.6 is 0 Å². The van der Waals surface area contributed by atoms with E-state index in [-0.39, 0.29) is 12.6 Å². The number of nitrogens with one attached hydrogen (secondary N) is 1. The molecule has 1 aromatic rings. The molecule has 15 heavy (non-hydrogen) atoms. The first-order chi connectivity index (χ1) is 7.18. The molecule has 0 amide bonds. The van der Waals surface area contributed by atoms with E-state index < -0.39 is 5.97 Å². The van der Waals surface area contributed by atoms with E-state index in [0.29, 0.717) is 5.92 Å². The Labute approximate surface area is 89.1 Å². The molecular weight excluding hydrogens is 190 g/mol. The van der Waals surface area contributed by atoms with Crippen LogP contribution in [0.2, 0.25) is 0 Å². The molecule has 1 aliphatic carbocycles. The van der Waals surface area contributed by atoms with Gasteiger partial charge in [-0.3, -0.25) is 4.79 Å². The number of benzene rings is 1. The molecule has 2 N–H and O–H groups in total. The molecule has 2 rings (SSSR count). The summed E-state index contributed by atoms with van der Waals surface area (Å²) in [6.07, 6.45) is 0.935. The second kappa shape index (κ2) is 4.03. The number of fused-ring (bicyclic) bond motifs is 1. The monoisotopic (exact) mass is 205 g/mol. The summed E-state index contributed by atoms with van der Waals surface area (Å²) in [5.74, 6) is -0.390. The molecule has 0 fully saturated rings. The van der Waals surface area contributed by atoms with Gasteiger partial charge in [-0.25, -0.2) is 0 Å². The number of carboxylic acids is 1. The van der Waals surface area contributed by atoms with Crippen LogP contribution in [0.5, 0.6) is 0 Å². The zero-order chi connectivity index (χ0) is 10.8. The molecule has 80 valence electrons. The van der Waals surface area contributed by atoms with Crippen molar-refractivity contribution in [2.45, 2.75) is 25.3 Å². The minimum absolute atomic E-state index is 0.0446. The molecule has 1 aliphatic rings. The summed E-state index contributed by atoms with van der Waals surface area (Å²) in [4.78, 5) is 10.5. The molecule has 3 nitrogen and oxygen atoms in total. The summed E-state index contributed by atoms with van der Waals surface area (Å²) >= 11 is 0. The molecule has 2 atom stereocenters. The number of rotatable bonds is 3. The Balaban J connectivity index is 2.06. The van der Waals surface area contributed by atoms with E-state index in [1.165, 1.54) is 11.1 Å². The molecule has 0 saturated heterocycles. The Morgan fingerprint density at radius 2 is 2.27 bits per heavy atom. The van der Waals surface area contributed by atoms with Crippen molar-refractivity contribution in [1.29, 1.82) is 0 Å². The Kier molecular flexibility index (Phi) is 2.73. The van der Waals surface area contributed by atoms with Gasteiger partial charge in [-0.1, -0.05) is 31.2 Å². The van der Waals surface area contributed by atoms with Crippen LogP contribution in [-0.4, -0.2) is 23.7 Å². The van der Waals surface area contributed by atoms with Gasteiger partial charge in [0.2, 0.25) is 0 Å². The lowest BCUT2D eigenvalue weighted by Crippen LogP contribution is -2.35. The number of carboxylic acid groups (broad SMARTS) is 1. The zero-order valence-corrected chi connectivity index (χ0v) is 8.73. The van der Waals surface area contributed by atoms with E-state index >= 15 is 0 Å². The minimum Gasteiger partial charge on any atom is -0.480 e. The lowest BCUT2D eigenvalue weighted by Gasteiger charge is -2.16. The van der Waals surface area contributed by atoms with Crippen LogP contribution in [0.3, 0.4) is 0 Å². The van der Waals surface area contributed by atoms with Gasteiger partial charge in [0.25, 0.3) is 0 Å². The van der Waals surface area contributed by atoms with Crippen molar-refractivity contribution in [1.82, 2.24) is 5.32 Å². The van der Waals surface area contributed by atoms with Crippen molar-refractivity contribution in [3.05, 3.63) is 35.4 Å². The standard InChI is InChI=1S/C12H15NO2/c1-8-10-5-3-2-4-9(10)6-11(8)13-7-12(14)15/h2-5,8,11,13H,6-7H2,1H3,(H,14,15). The van der Waals surface area contributed by atoms with E-state index in [4.69, 9.17) is 5.11 Å². The Bertz CT molecular complexity index is 376. The van der Waals surface area contributed by atoms with E-state index in [1.807, 2.05) is 12.1 Å². The summed E-state index contributed by atoms with van der Waals surface area (Å²) in [6, 6.07) is 8.58. The molecule has 0 aromatic heterocycles. The average Bonchev–Trinajstić information content (AvgIpc) is 2.54. The normalized spacial score (nSPS) is 23.8. The van der Waals surface area contributed by atoms with E-state index in [1.54, 1.807) is 0 Å². The topological polar surface area (TPSA) is 49.3 Å². The molecule has 0 radical (unpaired) electrons. The maximum absolute atomic E-state index is 10.5. The highest BCUT2D eigenvalue weighted by Crippen LogP contribution is 2.32. The molecular formula is C12H15NO2. The van der Waals surface area contributed by atoms with Crippen LogP contribution in [0.4, 0.5) is 0 Å².